The topological polar surface area (TPSA) is 58.6 Å². The van der Waals surface area contributed by atoms with E-state index in [0.29, 0.717) is 29.7 Å². The molecule has 0 bridgehead atoms. The molecular weight excluding hydrogens is 553 g/mol. The first-order valence-electron chi connectivity index (χ1n) is 15.1. The molecule has 1 N–H and O–H groups in total. The second-order valence-electron chi connectivity index (χ2n) is 11.6. The van der Waals surface area contributed by atoms with Crippen LogP contribution in [0, 0.1) is 0 Å². The quantitative estimate of drug-likeness (QED) is 0.219. The molecule has 0 spiro atoms. The molecule has 1 aliphatic heterocycles. The molecule has 1 heterocycles. The van der Waals surface area contributed by atoms with Crippen LogP contribution in [0.3, 0.4) is 0 Å². The van der Waals surface area contributed by atoms with Crippen molar-refractivity contribution >= 4 is 11.9 Å². The van der Waals surface area contributed by atoms with Crippen LogP contribution in [-0.4, -0.2) is 49.1 Å². The molecule has 0 aromatic heterocycles. The van der Waals surface area contributed by atoms with Crippen LogP contribution in [0.15, 0.2) is 78.9 Å². The molecule has 1 amide bonds. The minimum atomic E-state index is -4.41. The summed E-state index contributed by atoms with van der Waals surface area (Å²) in [7, 11) is 0. The van der Waals surface area contributed by atoms with Crippen molar-refractivity contribution in [3.63, 3.8) is 0 Å². The van der Waals surface area contributed by atoms with E-state index in [9.17, 15) is 22.8 Å². The van der Waals surface area contributed by atoms with Crippen LogP contribution in [0.4, 0.5) is 13.2 Å². The van der Waals surface area contributed by atoms with Crippen molar-refractivity contribution in [2.45, 2.75) is 70.0 Å². The minimum Gasteiger partial charge on any atom is -0.466 e. The summed E-state index contributed by atoms with van der Waals surface area (Å²) in [4.78, 5) is 28.2. The van der Waals surface area contributed by atoms with Crippen LogP contribution in [0.5, 0.6) is 0 Å². The highest BCUT2D eigenvalue weighted by atomic mass is 19.4. The van der Waals surface area contributed by atoms with Gasteiger partial charge in [-0.25, -0.2) is 0 Å². The fraction of sp³-hybridized carbons (Fsp3) is 0.429. The number of nitrogens with one attached hydrogen (secondary N) is 1. The van der Waals surface area contributed by atoms with Gasteiger partial charge in [-0.3, -0.25) is 9.59 Å². The fourth-order valence-electron chi connectivity index (χ4n) is 5.79. The Balaban J connectivity index is 1.29. The average Bonchev–Trinajstić information content (AvgIpc) is 3.01. The molecule has 1 fully saturated rings. The lowest BCUT2D eigenvalue weighted by Crippen LogP contribution is -2.45. The summed E-state index contributed by atoms with van der Waals surface area (Å²) in [5.74, 6) is -0.382. The van der Waals surface area contributed by atoms with Crippen LogP contribution in [0.25, 0.3) is 11.1 Å². The number of rotatable bonds is 12. The normalized spacial score (nSPS) is 15.9. The van der Waals surface area contributed by atoms with Gasteiger partial charge in [0.2, 0.25) is 0 Å². The van der Waals surface area contributed by atoms with Crippen LogP contribution in [0.2, 0.25) is 0 Å². The molecule has 0 saturated carbocycles. The molecule has 3 aromatic rings. The van der Waals surface area contributed by atoms with Crippen molar-refractivity contribution in [1.29, 1.82) is 0 Å². The second kappa shape index (κ2) is 14.7. The predicted octanol–water partition coefficient (Wildman–Crippen LogP) is 7.65. The van der Waals surface area contributed by atoms with Crippen LogP contribution >= 0.6 is 0 Å². The third-order valence-electron chi connectivity index (χ3n) is 8.29. The maximum atomic E-state index is 13.2. The monoisotopic (exact) mass is 594 g/mol. The highest BCUT2D eigenvalue weighted by Crippen LogP contribution is 2.34. The van der Waals surface area contributed by atoms with Crippen molar-refractivity contribution in [3.8, 4) is 11.1 Å². The second-order valence-corrected chi connectivity index (χ2v) is 11.6. The van der Waals surface area contributed by atoms with E-state index in [4.69, 9.17) is 4.74 Å². The van der Waals surface area contributed by atoms with Gasteiger partial charge in [0.25, 0.3) is 5.91 Å². The van der Waals surface area contributed by atoms with Gasteiger partial charge in [-0.1, -0.05) is 74.5 Å². The fourth-order valence-corrected chi connectivity index (χ4v) is 5.79. The van der Waals surface area contributed by atoms with Crippen LogP contribution in [0.1, 0.15) is 73.9 Å². The van der Waals surface area contributed by atoms with Gasteiger partial charge in [0.05, 0.1) is 18.6 Å². The van der Waals surface area contributed by atoms with Gasteiger partial charge in [-0.2, -0.15) is 13.2 Å². The van der Waals surface area contributed by atoms with Crippen molar-refractivity contribution in [1.82, 2.24) is 10.2 Å². The molecule has 0 radical (unpaired) electrons. The zero-order valence-electron chi connectivity index (χ0n) is 25.0. The Morgan fingerprint density at radius 3 is 2.21 bits per heavy atom. The van der Waals surface area contributed by atoms with Crippen molar-refractivity contribution in [2.75, 3.05) is 26.2 Å². The number of ether oxygens (including phenoxy) is 1. The predicted molar refractivity (Wildman–Crippen MR) is 163 cm³/mol. The maximum absolute atomic E-state index is 13.2. The summed E-state index contributed by atoms with van der Waals surface area (Å²) >= 11 is 0. The number of carbonyl (C=O) groups is 2. The van der Waals surface area contributed by atoms with Gasteiger partial charge in [-0.15, -0.1) is 0 Å². The standard InChI is InChI=1S/C35H41F3N2O3/c1-3-24-43-32(41)25-34(2,27-10-5-4-6-11-27)20-9-21-40-22-18-29(19-23-40)39-33(42)31-13-8-7-12-30(31)26-14-16-28(17-15-26)35(36,37)38/h4-8,10-17,29H,3,9,18-25H2,1-2H3,(H,39,42). The lowest BCUT2D eigenvalue weighted by atomic mass is 9.76. The number of hydrogen-bond donors (Lipinski definition) is 1. The Morgan fingerprint density at radius 1 is 0.907 bits per heavy atom. The van der Waals surface area contributed by atoms with E-state index >= 15 is 0 Å². The summed E-state index contributed by atoms with van der Waals surface area (Å²) in [6.45, 7) is 7.18. The Hall–Kier alpha value is -3.65. The van der Waals surface area contributed by atoms with E-state index in [2.05, 4.69) is 29.3 Å². The van der Waals surface area contributed by atoms with Gasteiger partial charge in [0.1, 0.15) is 0 Å². The number of carbonyl (C=O) groups excluding carboxylic acids is 2. The third kappa shape index (κ3) is 8.92. The summed E-state index contributed by atoms with van der Waals surface area (Å²) in [6.07, 6.45) is 0.156. The number of benzene rings is 3. The van der Waals surface area contributed by atoms with E-state index < -0.39 is 11.7 Å². The highest BCUT2D eigenvalue weighted by Gasteiger charge is 2.31. The van der Waals surface area contributed by atoms with Gasteiger partial charge in [0.15, 0.2) is 0 Å². The first-order valence-corrected chi connectivity index (χ1v) is 15.1. The Morgan fingerprint density at radius 2 is 1.56 bits per heavy atom. The first-order chi connectivity index (χ1) is 20.6. The van der Waals surface area contributed by atoms with E-state index in [1.807, 2.05) is 25.1 Å². The molecule has 1 unspecified atom stereocenters. The van der Waals surface area contributed by atoms with E-state index in [1.165, 1.54) is 12.1 Å². The Kier molecular flexibility index (Phi) is 11.0. The van der Waals surface area contributed by atoms with Gasteiger partial charge >= 0.3 is 12.1 Å². The van der Waals surface area contributed by atoms with E-state index in [-0.39, 0.29) is 23.3 Å². The highest BCUT2D eigenvalue weighted by molar-refractivity contribution is 6.01. The summed E-state index contributed by atoms with van der Waals surface area (Å²) in [5, 5.41) is 3.14. The van der Waals surface area contributed by atoms with Crippen LogP contribution in [-0.2, 0) is 21.1 Å². The smallest absolute Gasteiger partial charge is 0.416 e. The number of piperidine rings is 1. The number of amides is 1. The lowest BCUT2D eigenvalue weighted by Gasteiger charge is -2.34. The number of hydrogen-bond acceptors (Lipinski definition) is 4. The molecule has 5 nitrogen and oxygen atoms in total. The summed E-state index contributed by atoms with van der Waals surface area (Å²) in [6, 6.07) is 22.1. The zero-order chi connectivity index (χ0) is 30.9. The van der Waals surface area contributed by atoms with Gasteiger partial charge < -0.3 is 15.0 Å². The third-order valence-corrected chi connectivity index (χ3v) is 8.29. The lowest BCUT2D eigenvalue weighted by molar-refractivity contribution is -0.145. The molecule has 3 aromatic carbocycles. The van der Waals surface area contributed by atoms with Crippen molar-refractivity contribution in [3.05, 3.63) is 95.6 Å². The number of likely N-dealkylation sites (tertiary alicyclic amines) is 1. The van der Waals surface area contributed by atoms with Gasteiger partial charge in [-0.05, 0) is 73.5 Å². The molecule has 8 heteroatoms. The maximum Gasteiger partial charge on any atom is 0.416 e. The number of esters is 1. The number of nitrogens with zero attached hydrogens (tertiary/aromatic N) is 1. The number of halogens is 3. The molecule has 1 saturated heterocycles. The average molecular weight is 595 g/mol. The first kappa shape index (κ1) is 32.3. The Bertz CT molecular complexity index is 1340. The molecule has 4 rings (SSSR count). The Labute approximate surface area is 252 Å². The molecule has 43 heavy (non-hydrogen) atoms. The summed E-state index contributed by atoms with van der Waals surface area (Å²) in [5.41, 5.74) is 1.73. The molecular formula is C35H41F3N2O3. The van der Waals surface area contributed by atoms with Gasteiger partial charge in [0, 0.05) is 30.1 Å². The van der Waals surface area contributed by atoms with E-state index in [1.54, 1.807) is 24.3 Å². The van der Waals surface area contributed by atoms with E-state index in [0.717, 1.165) is 69.4 Å². The molecule has 1 atom stereocenters. The molecule has 0 aliphatic carbocycles. The number of alkyl halides is 3. The summed E-state index contributed by atoms with van der Waals surface area (Å²) < 4.78 is 44.4. The largest absolute Gasteiger partial charge is 0.466 e. The SMILES string of the molecule is CCCOC(=O)CC(C)(CCCN1CCC(NC(=O)c2ccccc2-c2ccc(C(F)(F)F)cc2)CC1)c1ccccc1. The van der Waals surface area contributed by atoms with Crippen molar-refractivity contribution in [2.24, 2.45) is 0 Å². The molecule has 1 aliphatic rings. The molecule has 230 valence electrons. The van der Waals surface area contributed by atoms with Crippen LogP contribution < -0.4 is 5.32 Å². The minimum absolute atomic E-state index is 0.0207. The zero-order valence-corrected chi connectivity index (χ0v) is 25.0. The van der Waals surface area contributed by atoms with Crippen molar-refractivity contribution < 1.29 is 27.5 Å².